The molecule has 3 heteroatoms. The molecule has 2 rings (SSSR count). The van der Waals surface area contributed by atoms with Crippen LogP contribution in [0.3, 0.4) is 0 Å². The number of hydrogen-bond donors (Lipinski definition) is 0. The van der Waals surface area contributed by atoms with Gasteiger partial charge >= 0.3 is 0 Å². The van der Waals surface area contributed by atoms with E-state index in [1.54, 1.807) is 6.07 Å². The Morgan fingerprint density at radius 2 is 2.07 bits per heavy atom. The van der Waals surface area contributed by atoms with Crippen LogP contribution in [-0.2, 0) is 0 Å². The Morgan fingerprint density at radius 1 is 1.40 bits per heavy atom. The molecule has 15 heavy (non-hydrogen) atoms. The number of halogens is 2. The molecule has 1 aromatic rings. The quantitative estimate of drug-likeness (QED) is 0.759. The molecule has 0 saturated heterocycles. The molecule has 0 unspecified atom stereocenters. The lowest BCUT2D eigenvalue weighted by molar-refractivity contribution is 0.567. The highest BCUT2D eigenvalue weighted by Gasteiger charge is 2.42. The first-order valence-electron chi connectivity index (χ1n) is 5.18. The van der Waals surface area contributed by atoms with Gasteiger partial charge in [0.05, 0.1) is 5.69 Å². The van der Waals surface area contributed by atoms with E-state index in [2.05, 4.69) is 15.9 Å². The number of anilines is 1. The van der Waals surface area contributed by atoms with Crippen LogP contribution in [0.5, 0.6) is 0 Å². The van der Waals surface area contributed by atoms with E-state index in [0.29, 0.717) is 11.1 Å². The predicted octanol–water partition coefficient (Wildman–Crippen LogP) is 3.44. The molecule has 1 nitrogen and oxygen atoms in total. The minimum atomic E-state index is -0.134. The van der Waals surface area contributed by atoms with E-state index < -0.39 is 0 Å². The fourth-order valence-electron chi connectivity index (χ4n) is 1.86. The third-order valence-electron chi connectivity index (χ3n) is 3.08. The van der Waals surface area contributed by atoms with Crippen LogP contribution >= 0.6 is 15.9 Å². The van der Waals surface area contributed by atoms with Crippen LogP contribution in [0.15, 0.2) is 24.3 Å². The molecule has 0 bridgehead atoms. The fourth-order valence-corrected chi connectivity index (χ4v) is 2.60. The molecule has 1 aromatic carbocycles. The molecule has 0 atom stereocenters. The van der Waals surface area contributed by atoms with Crippen molar-refractivity contribution in [3.8, 4) is 0 Å². The Kier molecular flexibility index (Phi) is 3.01. The van der Waals surface area contributed by atoms with E-state index >= 15 is 0 Å². The van der Waals surface area contributed by atoms with Crippen molar-refractivity contribution in [3.63, 3.8) is 0 Å². The van der Waals surface area contributed by atoms with Gasteiger partial charge < -0.3 is 4.90 Å². The van der Waals surface area contributed by atoms with Crippen molar-refractivity contribution in [1.82, 2.24) is 0 Å². The monoisotopic (exact) mass is 271 g/mol. The zero-order valence-corrected chi connectivity index (χ0v) is 10.4. The smallest absolute Gasteiger partial charge is 0.146 e. The molecule has 0 aliphatic heterocycles. The van der Waals surface area contributed by atoms with Crippen molar-refractivity contribution in [2.75, 3.05) is 23.8 Å². The maximum absolute atomic E-state index is 13.5. The Balaban J connectivity index is 2.08. The second-order valence-electron chi connectivity index (χ2n) is 4.44. The molecular weight excluding hydrogens is 257 g/mol. The molecule has 0 N–H and O–H groups in total. The first-order chi connectivity index (χ1) is 7.17. The second kappa shape index (κ2) is 4.12. The molecular formula is C12H15BrFN. The number of nitrogens with zero attached hydrogens (tertiary/aromatic N) is 1. The number of benzene rings is 1. The van der Waals surface area contributed by atoms with Gasteiger partial charge in [-0.2, -0.15) is 0 Å². The van der Waals surface area contributed by atoms with Crippen molar-refractivity contribution in [1.29, 1.82) is 0 Å². The average Bonchev–Trinajstić information content (AvgIpc) is 2.99. The normalized spacial score (nSPS) is 17.5. The van der Waals surface area contributed by atoms with Crippen LogP contribution in [0.1, 0.15) is 12.8 Å². The Morgan fingerprint density at radius 3 is 2.60 bits per heavy atom. The van der Waals surface area contributed by atoms with Crippen molar-refractivity contribution in [2.24, 2.45) is 5.41 Å². The summed E-state index contributed by atoms with van der Waals surface area (Å²) < 4.78 is 13.5. The number of para-hydroxylation sites is 1. The second-order valence-corrected chi connectivity index (χ2v) is 5.00. The molecule has 1 fully saturated rings. The lowest BCUT2D eigenvalue weighted by Crippen LogP contribution is -2.28. The molecule has 0 aromatic heterocycles. The predicted molar refractivity (Wildman–Crippen MR) is 65.1 cm³/mol. The molecule has 0 amide bonds. The third-order valence-corrected chi connectivity index (χ3v) is 4.27. The van der Waals surface area contributed by atoms with E-state index in [1.165, 1.54) is 18.9 Å². The highest BCUT2D eigenvalue weighted by Crippen LogP contribution is 2.47. The van der Waals surface area contributed by atoms with E-state index in [-0.39, 0.29) is 5.82 Å². The summed E-state index contributed by atoms with van der Waals surface area (Å²) in [6.07, 6.45) is 2.49. The first-order valence-corrected chi connectivity index (χ1v) is 6.31. The first kappa shape index (κ1) is 10.9. The van der Waals surface area contributed by atoms with Crippen LogP contribution in [0.25, 0.3) is 0 Å². The molecule has 1 saturated carbocycles. The van der Waals surface area contributed by atoms with Crippen molar-refractivity contribution in [3.05, 3.63) is 30.1 Å². The summed E-state index contributed by atoms with van der Waals surface area (Å²) in [6, 6.07) is 6.95. The van der Waals surface area contributed by atoms with E-state index in [0.717, 1.165) is 11.9 Å². The van der Waals surface area contributed by atoms with E-state index in [9.17, 15) is 4.39 Å². The Bertz CT molecular complexity index is 349. The fraction of sp³-hybridized carbons (Fsp3) is 0.500. The number of rotatable bonds is 4. The summed E-state index contributed by atoms with van der Waals surface area (Å²) in [4.78, 5) is 2.02. The zero-order chi connectivity index (χ0) is 10.9. The Hall–Kier alpha value is -0.570. The van der Waals surface area contributed by atoms with Gasteiger partial charge in [0.15, 0.2) is 0 Å². The highest BCUT2D eigenvalue weighted by atomic mass is 79.9. The summed E-state index contributed by atoms with van der Waals surface area (Å²) in [7, 11) is 1.96. The lowest BCUT2D eigenvalue weighted by Gasteiger charge is -2.24. The summed E-state index contributed by atoms with van der Waals surface area (Å²) in [5, 5.41) is 1.01. The van der Waals surface area contributed by atoms with Crippen molar-refractivity contribution in [2.45, 2.75) is 12.8 Å². The maximum atomic E-state index is 13.5. The molecule has 1 aliphatic rings. The van der Waals surface area contributed by atoms with Gasteiger partial charge in [-0.15, -0.1) is 0 Å². The van der Waals surface area contributed by atoms with E-state index in [4.69, 9.17) is 0 Å². The third kappa shape index (κ3) is 2.33. The van der Waals surface area contributed by atoms with Gasteiger partial charge in [-0.3, -0.25) is 0 Å². The molecule has 0 spiro atoms. The number of hydrogen-bond acceptors (Lipinski definition) is 1. The van der Waals surface area contributed by atoms with Crippen LogP contribution < -0.4 is 4.90 Å². The summed E-state index contributed by atoms with van der Waals surface area (Å²) in [6.45, 7) is 0.930. The number of alkyl halides is 1. The van der Waals surface area contributed by atoms with Crippen LogP contribution in [-0.4, -0.2) is 18.9 Å². The summed E-state index contributed by atoms with van der Waals surface area (Å²) in [5.74, 6) is -0.134. The van der Waals surface area contributed by atoms with Crippen LogP contribution in [0.2, 0.25) is 0 Å². The topological polar surface area (TPSA) is 3.24 Å². The van der Waals surface area contributed by atoms with Crippen LogP contribution in [0.4, 0.5) is 10.1 Å². The van der Waals surface area contributed by atoms with Crippen LogP contribution in [0, 0.1) is 11.2 Å². The molecule has 0 heterocycles. The van der Waals surface area contributed by atoms with Gasteiger partial charge in [-0.05, 0) is 30.4 Å². The highest BCUT2D eigenvalue weighted by molar-refractivity contribution is 9.09. The summed E-state index contributed by atoms with van der Waals surface area (Å²) >= 11 is 3.53. The zero-order valence-electron chi connectivity index (χ0n) is 8.84. The minimum absolute atomic E-state index is 0.134. The standard InChI is InChI=1S/C12H15BrFN/c1-15(9-12(8-13)6-7-12)11-5-3-2-4-10(11)14/h2-5H,6-9H2,1H3. The lowest BCUT2D eigenvalue weighted by atomic mass is 10.1. The largest absolute Gasteiger partial charge is 0.372 e. The summed E-state index contributed by atoms with van der Waals surface area (Å²) in [5.41, 5.74) is 1.08. The van der Waals surface area contributed by atoms with Gasteiger partial charge in [0, 0.05) is 18.9 Å². The SMILES string of the molecule is CN(CC1(CBr)CC1)c1ccccc1F. The van der Waals surface area contributed by atoms with Gasteiger partial charge in [0.25, 0.3) is 0 Å². The molecule has 1 aliphatic carbocycles. The minimum Gasteiger partial charge on any atom is -0.372 e. The van der Waals surface area contributed by atoms with Gasteiger partial charge in [0.2, 0.25) is 0 Å². The molecule has 0 radical (unpaired) electrons. The Labute approximate surface area is 98.4 Å². The van der Waals surface area contributed by atoms with Gasteiger partial charge in [0.1, 0.15) is 5.82 Å². The maximum Gasteiger partial charge on any atom is 0.146 e. The van der Waals surface area contributed by atoms with Gasteiger partial charge in [-0.1, -0.05) is 28.1 Å². The van der Waals surface area contributed by atoms with Crippen molar-refractivity contribution < 1.29 is 4.39 Å². The van der Waals surface area contributed by atoms with Crippen molar-refractivity contribution >= 4 is 21.6 Å². The van der Waals surface area contributed by atoms with E-state index in [1.807, 2.05) is 24.1 Å². The molecule has 82 valence electrons. The van der Waals surface area contributed by atoms with Gasteiger partial charge in [-0.25, -0.2) is 4.39 Å². The average molecular weight is 272 g/mol.